The summed E-state index contributed by atoms with van der Waals surface area (Å²) in [5.74, 6) is -0.265. The Labute approximate surface area is 155 Å². The number of sulfonamides is 1. The molecule has 0 radical (unpaired) electrons. The molecule has 1 aromatic rings. The smallest absolute Gasteiger partial charge is 0.242 e. The normalized spacial score (nSPS) is 23.8. The molecule has 1 fully saturated rings. The highest BCUT2D eigenvalue weighted by molar-refractivity contribution is 7.89. The fraction of sp³-hybridized carbons (Fsp3) is 0.562. The maximum absolute atomic E-state index is 12.2. The average Bonchev–Trinajstić information content (AvgIpc) is 2.55. The second kappa shape index (κ2) is 8.95. The summed E-state index contributed by atoms with van der Waals surface area (Å²) in [6.45, 7) is 0.329. The molecular formula is C16H26ClN3O4S. The second-order valence-electron chi connectivity index (χ2n) is 6.39. The third-order valence-corrected chi connectivity index (χ3v) is 6.23. The van der Waals surface area contributed by atoms with Gasteiger partial charge in [-0.2, -0.15) is 0 Å². The van der Waals surface area contributed by atoms with Crippen LogP contribution in [0.3, 0.4) is 0 Å². The van der Waals surface area contributed by atoms with Gasteiger partial charge in [0.05, 0.1) is 11.0 Å². The van der Waals surface area contributed by atoms with Crippen molar-refractivity contribution in [2.75, 3.05) is 14.1 Å². The molecule has 1 amide bonds. The number of nitrogens with two attached hydrogens (primary N) is 1. The third kappa shape index (κ3) is 5.39. The van der Waals surface area contributed by atoms with Gasteiger partial charge in [-0.3, -0.25) is 4.79 Å². The van der Waals surface area contributed by atoms with Crippen molar-refractivity contribution in [3.05, 3.63) is 29.8 Å². The van der Waals surface area contributed by atoms with E-state index in [-0.39, 0.29) is 35.2 Å². The minimum atomic E-state index is -3.45. The summed E-state index contributed by atoms with van der Waals surface area (Å²) in [6, 6.07) is 6.08. The van der Waals surface area contributed by atoms with E-state index in [0.29, 0.717) is 25.8 Å². The summed E-state index contributed by atoms with van der Waals surface area (Å²) in [5, 5.41) is 12.5. The van der Waals surface area contributed by atoms with E-state index in [4.69, 9.17) is 5.73 Å². The van der Waals surface area contributed by atoms with Crippen LogP contribution >= 0.6 is 12.4 Å². The molecule has 1 aliphatic carbocycles. The van der Waals surface area contributed by atoms with Crippen molar-refractivity contribution in [3.8, 4) is 0 Å². The Kier molecular flexibility index (Phi) is 7.83. The van der Waals surface area contributed by atoms with Crippen molar-refractivity contribution in [1.29, 1.82) is 0 Å². The number of amides is 1. The fourth-order valence-corrected chi connectivity index (χ4v) is 3.65. The van der Waals surface area contributed by atoms with Crippen molar-refractivity contribution in [3.63, 3.8) is 0 Å². The van der Waals surface area contributed by atoms with Gasteiger partial charge >= 0.3 is 0 Å². The zero-order valence-electron chi connectivity index (χ0n) is 14.4. The van der Waals surface area contributed by atoms with Gasteiger partial charge in [0.15, 0.2) is 0 Å². The minimum absolute atomic E-state index is 0. The molecule has 9 heteroatoms. The molecule has 0 spiro atoms. The number of aliphatic hydroxyl groups is 1. The van der Waals surface area contributed by atoms with Gasteiger partial charge in [-0.15, -0.1) is 12.4 Å². The lowest BCUT2D eigenvalue weighted by Gasteiger charge is -2.30. The summed E-state index contributed by atoms with van der Waals surface area (Å²) in [6.07, 6.45) is 1.12. The van der Waals surface area contributed by atoms with Gasteiger partial charge in [-0.05, 0) is 37.0 Å². The van der Waals surface area contributed by atoms with E-state index in [1.807, 2.05) is 0 Å². The fourth-order valence-electron chi connectivity index (χ4n) is 2.75. The molecule has 0 aliphatic heterocycles. The first-order valence-electron chi connectivity index (χ1n) is 7.94. The van der Waals surface area contributed by atoms with Crippen molar-refractivity contribution >= 4 is 28.3 Å². The van der Waals surface area contributed by atoms with E-state index >= 15 is 0 Å². The lowest BCUT2D eigenvalue weighted by Crippen LogP contribution is -2.44. The summed E-state index contributed by atoms with van der Waals surface area (Å²) in [5.41, 5.74) is 6.63. The Morgan fingerprint density at radius 2 is 1.88 bits per heavy atom. The Morgan fingerprint density at radius 1 is 1.28 bits per heavy atom. The van der Waals surface area contributed by atoms with Crippen LogP contribution in [0.1, 0.15) is 24.8 Å². The summed E-state index contributed by atoms with van der Waals surface area (Å²) in [7, 11) is -0.482. The highest BCUT2D eigenvalue weighted by Crippen LogP contribution is 2.24. The first-order chi connectivity index (χ1) is 11.2. The summed E-state index contributed by atoms with van der Waals surface area (Å²) >= 11 is 0. The zero-order valence-corrected chi connectivity index (χ0v) is 16.0. The molecule has 1 aromatic carbocycles. The lowest BCUT2D eigenvalue weighted by atomic mass is 9.83. The number of aliphatic hydroxyl groups excluding tert-OH is 1. The molecule has 1 saturated carbocycles. The summed E-state index contributed by atoms with van der Waals surface area (Å²) < 4.78 is 25.2. The molecule has 7 nitrogen and oxygen atoms in total. The molecule has 0 heterocycles. The van der Waals surface area contributed by atoms with Crippen molar-refractivity contribution < 1.29 is 18.3 Å². The first-order valence-corrected chi connectivity index (χ1v) is 9.38. The van der Waals surface area contributed by atoms with Gasteiger partial charge in [0.2, 0.25) is 15.9 Å². The van der Waals surface area contributed by atoms with Crippen LogP contribution in [0.4, 0.5) is 0 Å². The molecule has 4 N–H and O–H groups in total. The number of halogens is 1. The van der Waals surface area contributed by atoms with Crippen LogP contribution in [0.2, 0.25) is 0 Å². The lowest BCUT2D eigenvalue weighted by molar-refractivity contribution is -0.127. The molecule has 0 saturated heterocycles. The van der Waals surface area contributed by atoms with Gasteiger partial charge in [0.1, 0.15) is 0 Å². The third-order valence-electron chi connectivity index (χ3n) is 4.40. The molecular weight excluding hydrogens is 366 g/mol. The average molecular weight is 392 g/mol. The van der Waals surface area contributed by atoms with E-state index in [1.54, 1.807) is 12.1 Å². The molecule has 0 unspecified atom stereocenters. The Morgan fingerprint density at radius 3 is 2.40 bits per heavy atom. The van der Waals surface area contributed by atoms with Crippen LogP contribution in [0.15, 0.2) is 29.2 Å². The minimum Gasteiger partial charge on any atom is -0.392 e. The van der Waals surface area contributed by atoms with Crippen LogP contribution in [-0.4, -0.2) is 50.0 Å². The molecule has 142 valence electrons. The van der Waals surface area contributed by atoms with Crippen LogP contribution in [0.5, 0.6) is 0 Å². The van der Waals surface area contributed by atoms with Gasteiger partial charge in [0, 0.05) is 32.6 Å². The predicted molar refractivity (Wildman–Crippen MR) is 97.7 cm³/mol. The maximum Gasteiger partial charge on any atom is 0.242 e. The molecule has 2 rings (SSSR count). The number of nitrogens with zero attached hydrogens (tertiary/aromatic N) is 1. The number of benzene rings is 1. The number of carbonyl (C=O) groups is 1. The van der Waals surface area contributed by atoms with Crippen molar-refractivity contribution in [2.24, 2.45) is 11.7 Å². The summed E-state index contributed by atoms with van der Waals surface area (Å²) in [4.78, 5) is 12.4. The first kappa shape index (κ1) is 21.9. The number of rotatable bonds is 5. The van der Waals surface area contributed by atoms with Gasteiger partial charge < -0.3 is 16.2 Å². The number of hydrogen-bond donors (Lipinski definition) is 3. The SMILES string of the molecule is CN(C)S(=O)(=O)c1ccc(CNC(=O)[C@H]2CC[C@@H](O)[C@H](N)C2)cc1.Cl. The van der Waals surface area contributed by atoms with E-state index in [2.05, 4.69) is 5.32 Å². The number of hydrogen-bond acceptors (Lipinski definition) is 5. The quantitative estimate of drug-likeness (QED) is 0.675. The molecule has 0 aromatic heterocycles. The molecule has 3 atom stereocenters. The van der Waals surface area contributed by atoms with Crippen LogP contribution in [-0.2, 0) is 21.4 Å². The topological polar surface area (TPSA) is 113 Å². The van der Waals surface area contributed by atoms with E-state index in [1.165, 1.54) is 26.2 Å². The van der Waals surface area contributed by atoms with Gasteiger partial charge in [-0.1, -0.05) is 12.1 Å². The molecule has 25 heavy (non-hydrogen) atoms. The monoisotopic (exact) mass is 391 g/mol. The zero-order chi connectivity index (χ0) is 17.9. The maximum atomic E-state index is 12.2. The van der Waals surface area contributed by atoms with Crippen LogP contribution < -0.4 is 11.1 Å². The standard InChI is InChI=1S/C16H25N3O4S.ClH/c1-19(2)24(22,23)13-6-3-11(4-7-13)10-18-16(21)12-5-8-15(20)14(17)9-12;/h3-4,6-7,12,14-15,20H,5,8-10,17H2,1-2H3,(H,18,21);1H/t12-,14+,15+;/m0./s1. The molecule has 0 bridgehead atoms. The van der Waals surface area contributed by atoms with E-state index < -0.39 is 16.1 Å². The van der Waals surface area contributed by atoms with E-state index in [9.17, 15) is 18.3 Å². The Hall–Kier alpha value is -1.19. The van der Waals surface area contributed by atoms with Crippen LogP contribution in [0, 0.1) is 5.92 Å². The Balaban J connectivity index is 0.00000312. The second-order valence-corrected chi connectivity index (χ2v) is 8.54. The molecule has 1 aliphatic rings. The predicted octanol–water partition coefficient (Wildman–Crippen LogP) is 0.463. The van der Waals surface area contributed by atoms with Crippen molar-refractivity contribution in [2.45, 2.75) is 42.8 Å². The number of carbonyl (C=O) groups excluding carboxylic acids is 1. The van der Waals surface area contributed by atoms with Gasteiger partial charge in [-0.25, -0.2) is 12.7 Å². The van der Waals surface area contributed by atoms with Gasteiger partial charge in [0.25, 0.3) is 0 Å². The highest BCUT2D eigenvalue weighted by Gasteiger charge is 2.30. The van der Waals surface area contributed by atoms with Crippen LogP contribution in [0.25, 0.3) is 0 Å². The Bertz CT molecular complexity index is 679. The largest absolute Gasteiger partial charge is 0.392 e. The highest BCUT2D eigenvalue weighted by atomic mass is 35.5. The van der Waals surface area contributed by atoms with Crippen molar-refractivity contribution in [1.82, 2.24) is 9.62 Å². The van der Waals surface area contributed by atoms with E-state index in [0.717, 1.165) is 9.87 Å². The number of nitrogens with one attached hydrogen (secondary N) is 1.